The average molecular weight is 248 g/mol. The Morgan fingerprint density at radius 3 is 2.35 bits per heavy atom. The zero-order chi connectivity index (χ0) is 12.6. The molecule has 0 aromatic heterocycles. The van der Waals surface area contributed by atoms with Crippen LogP contribution < -0.4 is 11.1 Å². The number of hydrogen-bond acceptors (Lipinski definition) is 2. The first-order valence-corrected chi connectivity index (χ1v) is 5.25. The number of rotatable bonds is 2. The number of benzene rings is 1. The maximum atomic E-state index is 13.4. The summed E-state index contributed by atoms with van der Waals surface area (Å²) in [4.78, 5) is 0. The van der Waals surface area contributed by atoms with E-state index in [9.17, 15) is 17.6 Å². The number of anilines is 1. The molecule has 17 heavy (non-hydrogen) atoms. The third-order valence-electron chi connectivity index (χ3n) is 2.83. The van der Waals surface area contributed by atoms with Crippen LogP contribution in [-0.4, -0.2) is 12.1 Å². The summed E-state index contributed by atoms with van der Waals surface area (Å²) in [5.74, 6) is -0.889. The van der Waals surface area contributed by atoms with Gasteiger partial charge in [-0.15, -0.1) is 0 Å². The minimum Gasteiger partial charge on any atom is -0.380 e. The molecule has 1 aromatic rings. The first kappa shape index (κ1) is 12.2. The van der Waals surface area contributed by atoms with Crippen molar-refractivity contribution in [2.75, 3.05) is 5.32 Å². The van der Waals surface area contributed by atoms with Gasteiger partial charge in [-0.3, -0.25) is 0 Å². The molecule has 1 saturated carbocycles. The summed E-state index contributed by atoms with van der Waals surface area (Å²) >= 11 is 0. The highest BCUT2D eigenvalue weighted by molar-refractivity contribution is 5.48. The quantitative estimate of drug-likeness (QED) is 0.790. The van der Waals surface area contributed by atoms with Gasteiger partial charge in [0.1, 0.15) is 5.82 Å². The molecule has 0 aliphatic heterocycles. The molecule has 2 nitrogen and oxygen atoms in total. The van der Waals surface area contributed by atoms with E-state index in [1.165, 1.54) is 0 Å². The van der Waals surface area contributed by atoms with Crippen LogP contribution in [0.2, 0.25) is 0 Å². The fraction of sp³-hybridized carbons (Fsp3) is 0.455. The third kappa shape index (κ3) is 2.69. The largest absolute Gasteiger partial charge is 0.416 e. The first-order valence-electron chi connectivity index (χ1n) is 5.25. The van der Waals surface area contributed by atoms with Crippen molar-refractivity contribution in [1.29, 1.82) is 0 Å². The molecule has 1 fully saturated rings. The van der Waals surface area contributed by atoms with Crippen molar-refractivity contribution < 1.29 is 17.6 Å². The molecule has 1 aromatic carbocycles. The average Bonchev–Trinajstić information content (AvgIpc) is 2.16. The first-order chi connectivity index (χ1) is 7.86. The summed E-state index contributed by atoms with van der Waals surface area (Å²) in [5.41, 5.74) is 4.67. The fourth-order valence-corrected chi connectivity index (χ4v) is 1.81. The summed E-state index contributed by atoms with van der Waals surface area (Å²) in [7, 11) is 0. The monoisotopic (exact) mass is 248 g/mol. The van der Waals surface area contributed by atoms with E-state index in [0.717, 1.165) is 12.1 Å². The number of nitrogens with two attached hydrogens (primary N) is 1. The Hall–Kier alpha value is -1.30. The molecule has 0 bridgehead atoms. The van der Waals surface area contributed by atoms with Gasteiger partial charge in [-0.05, 0) is 31.0 Å². The van der Waals surface area contributed by atoms with E-state index in [-0.39, 0.29) is 17.8 Å². The Morgan fingerprint density at radius 1 is 1.24 bits per heavy atom. The molecule has 0 spiro atoms. The van der Waals surface area contributed by atoms with Gasteiger partial charge >= 0.3 is 6.18 Å². The predicted octanol–water partition coefficient (Wildman–Crippen LogP) is 2.75. The molecular formula is C11H12F4N2. The van der Waals surface area contributed by atoms with Crippen LogP contribution in [0.3, 0.4) is 0 Å². The maximum Gasteiger partial charge on any atom is 0.416 e. The van der Waals surface area contributed by atoms with Crippen LogP contribution in [0.4, 0.5) is 23.2 Å². The Bertz CT molecular complexity index is 410. The van der Waals surface area contributed by atoms with E-state index in [2.05, 4.69) is 5.32 Å². The Morgan fingerprint density at radius 2 is 1.88 bits per heavy atom. The van der Waals surface area contributed by atoms with Gasteiger partial charge in [-0.2, -0.15) is 13.2 Å². The molecule has 1 aliphatic carbocycles. The molecule has 1 aliphatic rings. The third-order valence-corrected chi connectivity index (χ3v) is 2.83. The molecule has 0 radical (unpaired) electrons. The molecule has 6 heteroatoms. The van der Waals surface area contributed by atoms with Gasteiger partial charge in [0.2, 0.25) is 0 Å². The van der Waals surface area contributed by atoms with Crippen LogP contribution >= 0.6 is 0 Å². The van der Waals surface area contributed by atoms with Crippen LogP contribution in [0.5, 0.6) is 0 Å². The highest BCUT2D eigenvalue weighted by atomic mass is 19.4. The van der Waals surface area contributed by atoms with E-state index in [1.54, 1.807) is 0 Å². The van der Waals surface area contributed by atoms with Crippen molar-refractivity contribution in [3.05, 3.63) is 29.6 Å². The summed E-state index contributed by atoms with van der Waals surface area (Å²) in [6.45, 7) is 0. The summed E-state index contributed by atoms with van der Waals surface area (Å²) in [6, 6.07) is 2.63. The van der Waals surface area contributed by atoms with E-state index < -0.39 is 17.6 Å². The van der Waals surface area contributed by atoms with E-state index in [4.69, 9.17) is 5.73 Å². The Kier molecular flexibility index (Phi) is 2.99. The van der Waals surface area contributed by atoms with E-state index in [0.29, 0.717) is 18.9 Å². The zero-order valence-electron chi connectivity index (χ0n) is 8.89. The van der Waals surface area contributed by atoms with Crippen molar-refractivity contribution in [1.82, 2.24) is 0 Å². The topological polar surface area (TPSA) is 38.0 Å². The minimum absolute atomic E-state index is 0.0521. The van der Waals surface area contributed by atoms with Crippen LogP contribution in [0.15, 0.2) is 18.2 Å². The molecular weight excluding hydrogens is 236 g/mol. The Labute approximate surface area is 95.8 Å². The molecule has 0 heterocycles. The number of nitrogens with one attached hydrogen (secondary N) is 1. The standard InChI is InChI=1S/C11H12F4N2/c12-9-3-6(11(13,14)15)1-2-10(9)17-8-4-7(16)5-8/h1-3,7-8,17H,4-5,16H2. The fourth-order valence-electron chi connectivity index (χ4n) is 1.81. The minimum atomic E-state index is -4.52. The second-order valence-corrected chi connectivity index (χ2v) is 4.27. The number of alkyl halides is 3. The summed E-state index contributed by atoms with van der Waals surface area (Å²) in [5, 5.41) is 2.83. The highest BCUT2D eigenvalue weighted by Crippen LogP contribution is 2.32. The van der Waals surface area contributed by atoms with E-state index in [1.807, 2.05) is 0 Å². The van der Waals surface area contributed by atoms with Gasteiger partial charge in [-0.1, -0.05) is 0 Å². The summed E-state index contributed by atoms with van der Waals surface area (Å²) in [6.07, 6.45) is -3.10. The lowest BCUT2D eigenvalue weighted by atomic mass is 9.87. The number of halogens is 4. The lowest BCUT2D eigenvalue weighted by Gasteiger charge is -2.33. The van der Waals surface area contributed by atoms with Gasteiger partial charge < -0.3 is 11.1 Å². The predicted molar refractivity (Wildman–Crippen MR) is 56.0 cm³/mol. The van der Waals surface area contributed by atoms with Crippen LogP contribution in [0.1, 0.15) is 18.4 Å². The van der Waals surface area contributed by atoms with Gasteiger partial charge in [0, 0.05) is 12.1 Å². The number of hydrogen-bond donors (Lipinski definition) is 2. The van der Waals surface area contributed by atoms with Crippen LogP contribution in [-0.2, 0) is 6.18 Å². The molecule has 94 valence electrons. The normalized spacial score (nSPS) is 24.3. The van der Waals surface area contributed by atoms with Crippen LogP contribution in [0.25, 0.3) is 0 Å². The lowest BCUT2D eigenvalue weighted by molar-refractivity contribution is -0.137. The highest BCUT2D eigenvalue weighted by Gasteiger charge is 2.32. The van der Waals surface area contributed by atoms with Gasteiger partial charge in [0.25, 0.3) is 0 Å². The molecule has 0 saturated heterocycles. The molecule has 2 rings (SSSR count). The van der Waals surface area contributed by atoms with Crippen molar-refractivity contribution in [2.24, 2.45) is 5.73 Å². The SMILES string of the molecule is NC1CC(Nc2ccc(C(F)(F)F)cc2F)C1. The van der Waals surface area contributed by atoms with Crippen LogP contribution in [0, 0.1) is 5.82 Å². The second kappa shape index (κ2) is 4.18. The Balaban J connectivity index is 2.09. The maximum absolute atomic E-state index is 13.4. The van der Waals surface area contributed by atoms with Crippen molar-refractivity contribution >= 4 is 5.69 Å². The van der Waals surface area contributed by atoms with Gasteiger partial charge in [-0.25, -0.2) is 4.39 Å². The molecule has 0 unspecified atom stereocenters. The second-order valence-electron chi connectivity index (χ2n) is 4.27. The van der Waals surface area contributed by atoms with Crippen molar-refractivity contribution in [2.45, 2.75) is 31.1 Å². The van der Waals surface area contributed by atoms with Crippen molar-refractivity contribution in [3.8, 4) is 0 Å². The van der Waals surface area contributed by atoms with Crippen molar-refractivity contribution in [3.63, 3.8) is 0 Å². The molecule has 3 N–H and O–H groups in total. The molecule has 0 atom stereocenters. The lowest BCUT2D eigenvalue weighted by Crippen LogP contribution is -2.44. The molecule has 0 amide bonds. The summed E-state index contributed by atoms with van der Waals surface area (Å²) < 4.78 is 50.3. The smallest absolute Gasteiger partial charge is 0.380 e. The zero-order valence-corrected chi connectivity index (χ0v) is 8.89. The van der Waals surface area contributed by atoms with E-state index >= 15 is 0 Å². The van der Waals surface area contributed by atoms with Gasteiger partial charge in [0.15, 0.2) is 0 Å². The van der Waals surface area contributed by atoms with Gasteiger partial charge in [0.05, 0.1) is 11.3 Å².